The number of halogens is 3. The van der Waals surface area contributed by atoms with Crippen molar-refractivity contribution >= 4 is 27.5 Å². The van der Waals surface area contributed by atoms with E-state index >= 15 is 0 Å². The van der Waals surface area contributed by atoms with Gasteiger partial charge in [-0.1, -0.05) is 28.1 Å². The zero-order chi connectivity index (χ0) is 14.7. The standard InChI is InChI=1S/C16H15BrClFO/c1-3-20-13-4-5-14(15(17)9-13)16(18)11-6-10(2)7-12(19)8-11/h4-9,16H,3H2,1-2H3. The summed E-state index contributed by atoms with van der Waals surface area (Å²) in [5.41, 5.74) is 2.49. The molecular weight excluding hydrogens is 343 g/mol. The molecule has 0 amide bonds. The van der Waals surface area contributed by atoms with Gasteiger partial charge in [-0.25, -0.2) is 4.39 Å². The molecule has 2 aromatic carbocycles. The van der Waals surface area contributed by atoms with Crippen molar-refractivity contribution in [2.75, 3.05) is 6.61 Å². The molecule has 0 aliphatic rings. The van der Waals surface area contributed by atoms with E-state index < -0.39 is 5.38 Å². The van der Waals surface area contributed by atoms with Gasteiger partial charge in [-0.05, 0) is 54.8 Å². The number of benzene rings is 2. The van der Waals surface area contributed by atoms with Gasteiger partial charge < -0.3 is 4.74 Å². The molecule has 0 aromatic heterocycles. The third-order valence-corrected chi connectivity index (χ3v) is 4.09. The molecule has 0 heterocycles. The molecular formula is C16H15BrClFO. The molecule has 1 unspecified atom stereocenters. The molecule has 1 nitrogen and oxygen atoms in total. The van der Waals surface area contributed by atoms with Crippen molar-refractivity contribution in [3.05, 3.63) is 63.4 Å². The van der Waals surface area contributed by atoms with Crippen molar-refractivity contribution in [2.45, 2.75) is 19.2 Å². The van der Waals surface area contributed by atoms with Crippen LogP contribution >= 0.6 is 27.5 Å². The maximum atomic E-state index is 13.5. The SMILES string of the molecule is CCOc1ccc(C(Cl)c2cc(C)cc(F)c2)c(Br)c1. The van der Waals surface area contributed by atoms with E-state index in [0.717, 1.165) is 26.9 Å². The largest absolute Gasteiger partial charge is 0.494 e. The van der Waals surface area contributed by atoms with E-state index in [1.807, 2.05) is 38.1 Å². The molecule has 0 radical (unpaired) electrons. The highest BCUT2D eigenvalue weighted by Crippen LogP contribution is 2.36. The molecule has 20 heavy (non-hydrogen) atoms. The quantitative estimate of drug-likeness (QED) is 0.645. The molecule has 0 saturated heterocycles. The lowest BCUT2D eigenvalue weighted by Gasteiger charge is -2.14. The lowest BCUT2D eigenvalue weighted by Crippen LogP contribution is -1.98. The molecule has 0 aliphatic heterocycles. The van der Waals surface area contributed by atoms with Crippen LogP contribution in [0.15, 0.2) is 40.9 Å². The minimum absolute atomic E-state index is 0.271. The first-order chi connectivity index (χ1) is 9.51. The van der Waals surface area contributed by atoms with Crippen LogP contribution in [0.5, 0.6) is 5.75 Å². The predicted molar refractivity (Wildman–Crippen MR) is 84.1 cm³/mol. The number of ether oxygens (including phenoxy) is 1. The minimum Gasteiger partial charge on any atom is -0.494 e. The van der Waals surface area contributed by atoms with Crippen LogP contribution in [0, 0.1) is 12.7 Å². The zero-order valence-electron chi connectivity index (χ0n) is 11.3. The van der Waals surface area contributed by atoms with Crippen molar-refractivity contribution in [3.8, 4) is 5.75 Å². The van der Waals surface area contributed by atoms with E-state index in [1.54, 1.807) is 0 Å². The van der Waals surface area contributed by atoms with Gasteiger partial charge in [0.25, 0.3) is 0 Å². The highest BCUT2D eigenvalue weighted by molar-refractivity contribution is 9.10. The van der Waals surface area contributed by atoms with Crippen LogP contribution in [0.4, 0.5) is 4.39 Å². The Labute approximate surface area is 131 Å². The number of hydrogen-bond donors (Lipinski definition) is 0. The van der Waals surface area contributed by atoms with E-state index in [2.05, 4.69) is 15.9 Å². The van der Waals surface area contributed by atoms with Crippen LogP contribution in [0.1, 0.15) is 29.0 Å². The van der Waals surface area contributed by atoms with E-state index in [4.69, 9.17) is 16.3 Å². The van der Waals surface area contributed by atoms with Crippen LogP contribution in [0.2, 0.25) is 0 Å². The van der Waals surface area contributed by atoms with Gasteiger partial charge in [0.1, 0.15) is 11.6 Å². The van der Waals surface area contributed by atoms with Gasteiger partial charge in [0.15, 0.2) is 0 Å². The molecule has 0 fully saturated rings. The first kappa shape index (κ1) is 15.3. The average molecular weight is 358 g/mol. The Balaban J connectivity index is 2.35. The van der Waals surface area contributed by atoms with Gasteiger partial charge in [-0.15, -0.1) is 11.6 Å². The Kier molecular flexibility index (Phi) is 5.06. The van der Waals surface area contributed by atoms with E-state index in [1.165, 1.54) is 12.1 Å². The molecule has 106 valence electrons. The van der Waals surface area contributed by atoms with Gasteiger partial charge in [-0.2, -0.15) is 0 Å². The number of rotatable bonds is 4. The Hall–Kier alpha value is -1.06. The Morgan fingerprint density at radius 2 is 2.00 bits per heavy atom. The average Bonchev–Trinajstić information content (AvgIpc) is 2.37. The Morgan fingerprint density at radius 3 is 2.60 bits per heavy atom. The number of alkyl halides is 1. The topological polar surface area (TPSA) is 9.23 Å². The maximum Gasteiger partial charge on any atom is 0.123 e. The van der Waals surface area contributed by atoms with Crippen LogP contribution < -0.4 is 4.74 Å². The minimum atomic E-state index is -0.408. The van der Waals surface area contributed by atoms with Crippen molar-refractivity contribution in [3.63, 3.8) is 0 Å². The fraction of sp³-hybridized carbons (Fsp3) is 0.250. The molecule has 0 spiro atoms. The van der Waals surface area contributed by atoms with Gasteiger partial charge in [0.2, 0.25) is 0 Å². The molecule has 0 N–H and O–H groups in total. The Morgan fingerprint density at radius 1 is 1.25 bits per heavy atom. The van der Waals surface area contributed by atoms with Crippen molar-refractivity contribution in [1.82, 2.24) is 0 Å². The normalized spacial score (nSPS) is 12.2. The second-order valence-corrected chi connectivity index (χ2v) is 5.83. The van der Waals surface area contributed by atoms with Crippen molar-refractivity contribution in [2.24, 2.45) is 0 Å². The fourth-order valence-corrected chi connectivity index (χ4v) is 3.10. The lowest BCUT2D eigenvalue weighted by molar-refractivity contribution is 0.340. The van der Waals surface area contributed by atoms with Crippen LogP contribution in [0.3, 0.4) is 0 Å². The zero-order valence-corrected chi connectivity index (χ0v) is 13.6. The summed E-state index contributed by atoms with van der Waals surface area (Å²) in [7, 11) is 0. The summed E-state index contributed by atoms with van der Waals surface area (Å²) in [5, 5.41) is -0.408. The second-order valence-electron chi connectivity index (χ2n) is 4.54. The molecule has 4 heteroatoms. The van der Waals surface area contributed by atoms with Crippen molar-refractivity contribution < 1.29 is 9.13 Å². The monoisotopic (exact) mass is 356 g/mol. The van der Waals surface area contributed by atoms with E-state index in [9.17, 15) is 4.39 Å². The molecule has 0 bridgehead atoms. The van der Waals surface area contributed by atoms with Crippen LogP contribution in [-0.4, -0.2) is 6.61 Å². The van der Waals surface area contributed by atoms with Crippen LogP contribution in [0.25, 0.3) is 0 Å². The smallest absolute Gasteiger partial charge is 0.123 e. The molecule has 0 aliphatic carbocycles. The summed E-state index contributed by atoms with van der Waals surface area (Å²) in [5.74, 6) is 0.509. The first-order valence-corrected chi connectivity index (χ1v) is 7.57. The van der Waals surface area contributed by atoms with E-state index in [0.29, 0.717) is 6.61 Å². The molecule has 2 aromatic rings. The van der Waals surface area contributed by atoms with Crippen LogP contribution in [-0.2, 0) is 0 Å². The Bertz CT molecular complexity index is 595. The van der Waals surface area contributed by atoms with Gasteiger partial charge in [0.05, 0.1) is 12.0 Å². The van der Waals surface area contributed by atoms with Gasteiger partial charge >= 0.3 is 0 Å². The van der Waals surface area contributed by atoms with E-state index in [-0.39, 0.29) is 5.82 Å². The third kappa shape index (κ3) is 3.53. The molecule has 2 rings (SSSR count). The van der Waals surface area contributed by atoms with Crippen molar-refractivity contribution in [1.29, 1.82) is 0 Å². The number of aryl methyl sites for hydroxylation is 1. The maximum absolute atomic E-state index is 13.5. The summed E-state index contributed by atoms with van der Waals surface area (Å²) in [6.45, 7) is 4.39. The molecule has 0 saturated carbocycles. The van der Waals surface area contributed by atoms with Gasteiger partial charge in [-0.3, -0.25) is 0 Å². The summed E-state index contributed by atoms with van der Waals surface area (Å²) < 4.78 is 19.8. The summed E-state index contributed by atoms with van der Waals surface area (Å²) in [4.78, 5) is 0. The van der Waals surface area contributed by atoms with Gasteiger partial charge in [0, 0.05) is 4.47 Å². The summed E-state index contributed by atoms with van der Waals surface area (Å²) in [6.07, 6.45) is 0. The predicted octanol–water partition coefficient (Wildman–Crippen LogP) is 5.62. The summed E-state index contributed by atoms with van der Waals surface area (Å²) >= 11 is 9.97. The highest BCUT2D eigenvalue weighted by Gasteiger charge is 2.15. The second kappa shape index (κ2) is 6.59. The summed E-state index contributed by atoms with van der Waals surface area (Å²) in [6, 6.07) is 10.5. The lowest BCUT2D eigenvalue weighted by atomic mass is 10.0. The fourth-order valence-electron chi connectivity index (χ4n) is 2.06. The third-order valence-electron chi connectivity index (χ3n) is 2.91. The molecule has 1 atom stereocenters. The highest BCUT2D eigenvalue weighted by atomic mass is 79.9. The number of hydrogen-bond acceptors (Lipinski definition) is 1. The first-order valence-electron chi connectivity index (χ1n) is 6.34.